The van der Waals surface area contributed by atoms with Crippen molar-refractivity contribution in [3.05, 3.63) is 90.1 Å². The number of carbonyl (C=O) groups excluding carboxylic acids is 1. The molecule has 0 aliphatic heterocycles. The van der Waals surface area contributed by atoms with Gasteiger partial charge in [-0.2, -0.15) is 4.98 Å². The molecule has 0 spiro atoms. The Morgan fingerprint density at radius 3 is 2.55 bits per heavy atom. The third-order valence-electron chi connectivity index (χ3n) is 4.54. The van der Waals surface area contributed by atoms with Crippen molar-refractivity contribution in [2.24, 2.45) is 0 Å². The fourth-order valence-corrected chi connectivity index (χ4v) is 3.31. The number of aryl methyl sites for hydroxylation is 1. The first-order chi connectivity index (χ1) is 15.0. The number of nitrogens with one attached hydrogen (secondary N) is 3. The summed E-state index contributed by atoms with van der Waals surface area (Å²) in [5.74, 6) is 0.586. The molecule has 0 unspecified atom stereocenters. The van der Waals surface area contributed by atoms with Crippen molar-refractivity contribution in [2.45, 2.75) is 6.92 Å². The maximum Gasteiger partial charge on any atom is 0.247 e. The van der Waals surface area contributed by atoms with Crippen LogP contribution in [0.4, 0.5) is 28.8 Å². The summed E-state index contributed by atoms with van der Waals surface area (Å²) in [5.41, 5.74) is 3.22. The first-order valence-electron chi connectivity index (χ1n) is 9.61. The molecule has 0 saturated carbocycles. The van der Waals surface area contributed by atoms with Crippen LogP contribution in [0.5, 0.6) is 0 Å². The number of rotatable bonds is 6. The van der Waals surface area contributed by atoms with E-state index in [1.165, 1.54) is 12.3 Å². The molecule has 6 nitrogen and oxygen atoms in total. The molecule has 1 amide bonds. The molecular weight excluding hydrogens is 410 g/mol. The smallest absolute Gasteiger partial charge is 0.247 e. The number of aromatic nitrogens is 2. The molecule has 0 aliphatic carbocycles. The second-order valence-electron chi connectivity index (χ2n) is 6.98. The van der Waals surface area contributed by atoms with E-state index in [0.29, 0.717) is 22.5 Å². The average Bonchev–Trinajstić information content (AvgIpc) is 2.75. The van der Waals surface area contributed by atoms with Crippen molar-refractivity contribution in [3.8, 4) is 0 Å². The Morgan fingerprint density at radius 1 is 0.968 bits per heavy atom. The normalized spacial score (nSPS) is 10.5. The van der Waals surface area contributed by atoms with Crippen LogP contribution in [0.1, 0.15) is 5.56 Å². The number of nitrogens with zero attached hydrogens (tertiary/aromatic N) is 2. The molecule has 7 heteroatoms. The van der Waals surface area contributed by atoms with Crippen LogP contribution in [0.25, 0.3) is 10.8 Å². The number of hydrogen-bond donors (Lipinski definition) is 3. The van der Waals surface area contributed by atoms with Gasteiger partial charge < -0.3 is 16.0 Å². The summed E-state index contributed by atoms with van der Waals surface area (Å²) in [6, 6.07) is 19.8. The molecule has 0 radical (unpaired) electrons. The van der Waals surface area contributed by atoms with Crippen molar-refractivity contribution in [3.63, 3.8) is 0 Å². The Bertz CT molecular complexity index is 1290. The van der Waals surface area contributed by atoms with Gasteiger partial charge in [-0.1, -0.05) is 48.5 Å². The van der Waals surface area contributed by atoms with Crippen LogP contribution >= 0.6 is 11.6 Å². The number of hydrogen-bond acceptors (Lipinski definition) is 5. The maximum atomic E-state index is 11.6. The molecule has 3 aromatic carbocycles. The van der Waals surface area contributed by atoms with E-state index in [4.69, 9.17) is 11.6 Å². The Balaban J connectivity index is 1.57. The highest BCUT2D eigenvalue weighted by Crippen LogP contribution is 2.28. The van der Waals surface area contributed by atoms with Crippen molar-refractivity contribution >= 4 is 57.1 Å². The monoisotopic (exact) mass is 429 g/mol. The molecule has 0 atom stereocenters. The van der Waals surface area contributed by atoms with Crippen LogP contribution < -0.4 is 16.0 Å². The van der Waals surface area contributed by atoms with E-state index < -0.39 is 0 Å². The Labute approximate surface area is 185 Å². The highest BCUT2D eigenvalue weighted by Gasteiger charge is 2.08. The number of halogens is 1. The van der Waals surface area contributed by atoms with Crippen molar-refractivity contribution in [1.82, 2.24) is 9.97 Å². The van der Waals surface area contributed by atoms with Gasteiger partial charge in [-0.15, -0.1) is 0 Å². The van der Waals surface area contributed by atoms with Gasteiger partial charge in [-0.3, -0.25) is 4.79 Å². The topological polar surface area (TPSA) is 78.9 Å². The molecule has 31 heavy (non-hydrogen) atoms. The molecule has 0 fully saturated rings. The Morgan fingerprint density at radius 2 is 1.74 bits per heavy atom. The number of benzene rings is 3. The van der Waals surface area contributed by atoms with Gasteiger partial charge in [0, 0.05) is 17.1 Å². The van der Waals surface area contributed by atoms with Crippen LogP contribution in [0.3, 0.4) is 0 Å². The van der Waals surface area contributed by atoms with Crippen LogP contribution in [-0.2, 0) is 4.79 Å². The van der Waals surface area contributed by atoms with Gasteiger partial charge in [0.25, 0.3) is 0 Å². The molecule has 1 heterocycles. The van der Waals surface area contributed by atoms with Crippen LogP contribution in [0.2, 0.25) is 5.02 Å². The standard InChI is InChI=1S/C24H20ClN5O/c1-3-22(31)27-19-10-15(2)11-20(13-19)29-24-26-14-21(25)23(30-24)28-18-9-8-16-6-4-5-7-17(16)12-18/h3-14H,1H2,2H3,(H,27,31)(H2,26,28,29,30). The van der Waals surface area contributed by atoms with E-state index in [1.54, 1.807) is 6.07 Å². The van der Waals surface area contributed by atoms with Gasteiger partial charge in [0.05, 0.1) is 6.20 Å². The van der Waals surface area contributed by atoms with E-state index in [1.807, 2.05) is 49.4 Å². The molecule has 4 aromatic rings. The van der Waals surface area contributed by atoms with Gasteiger partial charge in [-0.05, 0) is 59.7 Å². The first-order valence-corrected chi connectivity index (χ1v) is 9.98. The number of amides is 1. The third-order valence-corrected chi connectivity index (χ3v) is 4.82. The summed E-state index contributed by atoms with van der Waals surface area (Å²) in [6.07, 6.45) is 2.76. The Hall–Kier alpha value is -3.90. The van der Waals surface area contributed by atoms with E-state index in [-0.39, 0.29) is 5.91 Å². The fourth-order valence-electron chi connectivity index (χ4n) is 3.17. The van der Waals surface area contributed by atoms with Crippen LogP contribution in [0, 0.1) is 6.92 Å². The molecule has 4 rings (SSSR count). The average molecular weight is 430 g/mol. The molecule has 0 bridgehead atoms. The van der Waals surface area contributed by atoms with Crippen molar-refractivity contribution < 1.29 is 4.79 Å². The third kappa shape index (κ3) is 4.99. The molecule has 0 aliphatic rings. The quantitative estimate of drug-likeness (QED) is 0.318. The highest BCUT2D eigenvalue weighted by molar-refractivity contribution is 6.32. The van der Waals surface area contributed by atoms with Gasteiger partial charge in [-0.25, -0.2) is 4.98 Å². The van der Waals surface area contributed by atoms with E-state index in [9.17, 15) is 4.79 Å². The van der Waals surface area contributed by atoms with Crippen molar-refractivity contribution in [1.29, 1.82) is 0 Å². The summed E-state index contributed by atoms with van der Waals surface area (Å²) >= 11 is 6.32. The van der Waals surface area contributed by atoms with Gasteiger partial charge in [0.2, 0.25) is 11.9 Å². The molecule has 0 saturated heterocycles. The minimum atomic E-state index is -0.277. The van der Waals surface area contributed by atoms with Gasteiger partial charge in [0.15, 0.2) is 5.82 Å². The van der Waals surface area contributed by atoms with Gasteiger partial charge >= 0.3 is 0 Å². The Kier molecular flexibility index (Phi) is 5.82. The first kappa shape index (κ1) is 20.4. The van der Waals surface area contributed by atoms with E-state index in [2.05, 4.69) is 44.6 Å². The zero-order valence-electron chi connectivity index (χ0n) is 16.8. The summed E-state index contributed by atoms with van der Waals surface area (Å²) < 4.78 is 0. The molecule has 154 valence electrons. The fraction of sp³-hybridized carbons (Fsp3) is 0.0417. The van der Waals surface area contributed by atoms with Crippen molar-refractivity contribution in [2.75, 3.05) is 16.0 Å². The van der Waals surface area contributed by atoms with E-state index >= 15 is 0 Å². The molecule has 1 aromatic heterocycles. The minimum absolute atomic E-state index is 0.277. The zero-order chi connectivity index (χ0) is 21.8. The summed E-state index contributed by atoms with van der Waals surface area (Å²) in [7, 11) is 0. The van der Waals surface area contributed by atoms with E-state index in [0.717, 1.165) is 27.7 Å². The molecular formula is C24H20ClN5O. The highest BCUT2D eigenvalue weighted by atomic mass is 35.5. The summed E-state index contributed by atoms with van der Waals surface area (Å²) in [5, 5.41) is 11.8. The van der Waals surface area contributed by atoms with Gasteiger partial charge in [0.1, 0.15) is 5.02 Å². The molecule has 3 N–H and O–H groups in total. The lowest BCUT2D eigenvalue weighted by Crippen LogP contribution is -2.08. The maximum absolute atomic E-state index is 11.6. The second kappa shape index (κ2) is 8.85. The lowest BCUT2D eigenvalue weighted by Gasteiger charge is -2.12. The number of carbonyl (C=O) groups is 1. The van der Waals surface area contributed by atoms with Crippen LogP contribution in [-0.4, -0.2) is 15.9 Å². The predicted octanol–water partition coefficient (Wildman–Crippen LogP) is 6.20. The SMILES string of the molecule is C=CC(=O)Nc1cc(C)cc(Nc2ncc(Cl)c(Nc3ccc4ccccc4c3)n2)c1. The lowest BCUT2D eigenvalue weighted by molar-refractivity contribution is -0.111. The predicted molar refractivity (Wildman–Crippen MR) is 128 cm³/mol. The second-order valence-corrected chi connectivity index (χ2v) is 7.39. The minimum Gasteiger partial charge on any atom is -0.339 e. The number of fused-ring (bicyclic) bond motifs is 1. The number of anilines is 5. The summed E-state index contributed by atoms with van der Waals surface area (Å²) in [4.78, 5) is 20.4. The largest absolute Gasteiger partial charge is 0.339 e. The lowest BCUT2D eigenvalue weighted by atomic mass is 10.1. The zero-order valence-corrected chi connectivity index (χ0v) is 17.6. The summed E-state index contributed by atoms with van der Waals surface area (Å²) in [6.45, 7) is 5.41. The van der Waals surface area contributed by atoms with Crippen LogP contribution in [0.15, 0.2) is 79.5 Å².